The zero-order valence-corrected chi connectivity index (χ0v) is 15.6. The van der Waals surface area contributed by atoms with Gasteiger partial charge in [0, 0.05) is 18.7 Å². The molecular weight excluding hydrogens is 338 g/mol. The van der Waals surface area contributed by atoms with Crippen molar-refractivity contribution in [2.75, 3.05) is 20.1 Å². The molecule has 1 aromatic heterocycles. The van der Waals surface area contributed by atoms with E-state index in [9.17, 15) is 4.79 Å². The number of amides is 1. The van der Waals surface area contributed by atoms with Gasteiger partial charge in [0.2, 0.25) is 0 Å². The fourth-order valence-electron chi connectivity index (χ4n) is 2.89. The van der Waals surface area contributed by atoms with Gasteiger partial charge in [0.05, 0.1) is 6.54 Å². The number of rotatable bonds is 9. The summed E-state index contributed by atoms with van der Waals surface area (Å²) in [5.41, 5.74) is 3.06. The summed E-state index contributed by atoms with van der Waals surface area (Å²) in [7, 11) is 2.10. The monoisotopic (exact) mass is 363 g/mol. The van der Waals surface area contributed by atoms with Gasteiger partial charge in [-0.1, -0.05) is 42.5 Å². The van der Waals surface area contributed by atoms with Crippen molar-refractivity contribution in [3.8, 4) is 0 Å². The fraction of sp³-hybridized carbons (Fsp3) is 0.286. The Hall–Kier alpha value is -2.99. The van der Waals surface area contributed by atoms with E-state index in [-0.39, 0.29) is 5.91 Å². The van der Waals surface area contributed by atoms with Crippen molar-refractivity contribution in [2.45, 2.75) is 19.5 Å². The van der Waals surface area contributed by atoms with Crippen molar-refractivity contribution in [3.63, 3.8) is 0 Å². The number of carbonyl (C=O) groups excluding carboxylic acids is 1. The normalized spacial score (nSPS) is 10.9. The molecule has 0 aliphatic rings. The highest BCUT2D eigenvalue weighted by atomic mass is 16.1. The standard InChI is InChI=1S/C21H25N5O/c1-25(14-18-6-3-2-4-7-18)13-5-12-23-21(27)20-10-8-19(9-11-20)15-26-17-22-16-24-26/h2-4,6-11,16-17H,5,12-15H2,1H3,(H,23,27). The number of benzene rings is 2. The fourth-order valence-corrected chi connectivity index (χ4v) is 2.89. The van der Waals surface area contributed by atoms with Gasteiger partial charge in [-0.15, -0.1) is 0 Å². The Morgan fingerprint density at radius 2 is 1.85 bits per heavy atom. The number of nitrogens with one attached hydrogen (secondary N) is 1. The van der Waals surface area contributed by atoms with Crippen LogP contribution in [-0.2, 0) is 13.1 Å². The van der Waals surface area contributed by atoms with E-state index in [0.717, 1.165) is 25.1 Å². The Kier molecular flexibility index (Phi) is 6.71. The lowest BCUT2D eigenvalue weighted by molar-refractivity contribution is 0.0952. The summed E-state index contributed by atoms with van der Waals surface area (Å²) in [4.78, 5) is 18.4. The summed E-state index contributed by atoms with van der Waals surface area (Å²) in [6.45, 7) is 3.17. The van der Waals surface area contributed by atoms with Crippen LogP contribution in [0.5, 0.6) is 0 Å². The van der Waals surface area contributed by atoms with E-state index in [1.54, 1.807) is 11.0 Å². The molecule has 0 unspecified atom stereocenters. The maximum Gasteiger partial charge on any atom is 0.251 e. The predicted octanol–water partition coefficient (Wildman–Crippen LogP) is 2.58. The maximum absolute atomic E-state index is 12.3. The Balaban J connectivity index is 1.37. The lowest BCUT2D eigenvalue weighted by atomic mass is 10.1. The SMILES string of the molecule is CN(CCCNC(=O)c1ccc(Cn2cncn2)cc1)Cc1ccccc1. The second-order valence-corrected chi connectivity index (χ2v) is 6.62. The third-order valence-electron chi connectivity index (χ3n) is 4.32. The van der Waals surface area contributed by atoms with Crippen LogP contribution in [0.1, 0.15) is 27.9 Å². The molecule has 3 aromatic rings. The zero-order chi connectivity index (χ0) is 18.9. The molecule has 0 saturated heterocycles. The van der Waals surface area contributed by atoms with E-state index in [0.29, 0.717) is 18.7 Å². The minimum absolute atomic E-state index is 0.0342. The first-order valence-corrected chi connectivity index (χ1v) is 9.13. The number of hydrogen-bond acceptors (Lipinski definition) is 4. The van der Waals surface area contributed by atoms with E-state index in [4.69, 9.17) is 0 Å². The van der Waals surface area contributed by atoms with Crippen LogP contribution >= 0.6 is 0 Å². The lowest BCUT2D eigenvalue weighted by Gasteiger charge is -2.16. The molecule has 0 atom stereocenters. The van der Waals surface area contributed by atoms with Gasteiger partial charge in [-0.2, -0.15) is 5.10 Å². The molecule has 1 N–H and O–H groups in total. The Morgan fingerprint density at radius 3 is 2.56 bits per heavy atom. The van der Waals surface area contributed by atoms with Gasteiger partial charge in [0.15, 0.2) is 0 Å². The number of nitrogens with zero attached hydrogens (tertiary/aromatic N) is 4. The zero-order valence-electron chi connectivity index (χ0n) is 15.6. The average molecular weight is 363 g/mol. The predicted molar refractivity (Wildman–Crippen MR) is 105 cm³/mol. The molecule has 0 saturated carbocycles. The number of aromatic nitrogens is 3. The lowest BCUT2D eigenvalue weighted by Crippen LogP contribution is -2.28. The van der Waals surface area contributed by atoms with Crippen LogP contribution in [0.3, 0.4) is 0 Å². The highest BCUT2D eigenvalue weighted by Crippen LogP contribution is 2.06. The molecule has 0 fully saturated rings. The van der Waals surface area contributed by atoms with E-state index >= 15 is 0 Å². The van der Waals surface area contributed by atoms with Gasteiger partial charge < -0.3 is 10.2 Å². The van der Waals surface area contributed by atoms with E-state index in [1.807, 2.05) is 30.3 Å². The van der Waals surface area contributed by atoms with Gasteiger partial charge in [-0.05, 0) is 43.3 Å². The molecular formula is C21H25N5O. The van der Waals surface area contributed by atoms with Gasteiger partial charge in [-0.25, -0.2) is 9.67 Å². The number of hydrogen-bond donors (Lipinski definition) is 1. The Bertz CT molecular complexity index is 816. The molecule has 6 nitrogen and oxygen atoms in total. The molecule has 0 bridgehead atoms. The molecule has 140 valence electrons. The average Bonchev–Trinajstić information content (AvgIpc) is 3.19. The molecule has 0 aliphatic carbocycles. The van der Waals surface area contributed by atoms with Crippen molar-refractivity contribution in [3.05, 3.63) is 83.9 Å². The highest BCUT2D eigenvalue weighted by molar-refractivity contribution is 5.94. The second kappa shape index (κ2) is 9.64. The van der Waals surface area contributed by atoms with Gasteiger partial charge >= 0.3 is 0 Å². The summed E-state index contributed by atoms with van der Waals surface area (Å²) < 4.78 is 1.75. The molecule has 1 heterocycles. The minimum atomic E-state index is -0.0342. The first kappa shape index (κ1) is 18.8. The molecule has 2 aromatic carbocycles. The van der Waals surface area contributed by atoms with Gasteiger partial charge in [0.25, 0.3) is 5.91 Å². The topological polar surface area (TPSA) is 63.1 Å². The molecule has 3 rings (SSSR count). The smallest absolute Gasteiger partial charge is 0.251 e. The molecule has 27 heavy (non-hydrogen) atoms. The number of carbonyl (C=O) groups is 1. The van der Waals surface area contributed by atoms with Crippen LogP contribution in [0.25, 0.3) is 0 Å². The van der Waals surface area contributed by atoms with Crippen LogP contribution < -0.4 is 5.32 Å². The van der Waals surface area contributed by atoms with E-state index in [1.165, 1.54) is 11.9 Å². The first-order chi connectivity index (χ1) is 13.2. The largest absolute Gasteiger partial charge is 0.352 e. The second-order valence-electron chi connectivity index (χ2n) is 6.62. The highest BCUT2D eigenvalue weighted by Gasteiger charge is 2.06. The van der Waals surface area contributed by atoms with Crippen molar-refractivity contribution in [1.82, 2.24) is 25.0 Å². The first-order valence-electron chi connectivity index (χ1n) is 9.13. The van der Waals surface area contributed by atoms with Crippen LogP contribution in [0.4, 0.5) is 0 Å². The van der Waals surface area contributed by atoms with Crippen LogP contribution in [0.15, 0.2) is 67.3 Å². The van der Waals surface area contributed by atoms with E-state index in [2.05, 4.69) is 51.6 Å². The van der Waals surface area contributed by atoms with Crippen molar-refractivity contribution in [1.29, 1.82) is 0 Å². The van der Waals surface area contributed by atoms with Crippen molar-refractivity contribution in [2.24, 2.45) is 0 Å². The molecule has 0 aliphatic heterocycles. The quantitative estimate of drug-likeness (QED) is 0.594. The van der Waals surface area contributed by atoms with Gasteiger partial charge in [0.1, 0.15) is 12.7 Å². The van der Waals surface area contributed by atoms with Crippen molar-refractivity contribution >= 4 is 5.91 Å². The van der Waals surface area contributed by atoms with Crippen LogP contribution in [0.2, 0.25) is 0 Å². The maximum atomic E-state index is 12.3. The molecule has 0 radical (unpaired) electrons. The molecule has 6 heteroatoms. The summed E-state index contributed by atoms with van der Waals surface area (Å²) in [5.74, 6) is -0.0342. The third kappa shape index (κ3) is 6.04. The Morgan fingerprint density at radius 1 is 1.07 bits per heavy atom. The summed E-state index contributed by atoms with van der Waals surface area (Å²) in [5, 5.41) is 7.07. The summed E-state index contributed by atoms with van der Waals surface area (Å²) in [6, 6.07) is 18.0. The van der Waals surface area contributed by atoms with Crippen molar-refractivity contribution < 1.29 is 4.79 Å². The Labute approximate surface area is 159 Å². The van der Waals surface area contributed by atoms with Crippen LogP contribution in [0, 0.1) is 0 Å². The summed E-state index contributed by atoms with van der Waals surface area (Å²) in [6.07, 6.45) is 4.11. The summed E-state index contributed by atoms with van der Waals surface area (Å²) >= 11 is 0. The van der Waals surface area contributed by atoms with Gasteiger partial charge in [-0.3, -0.25) is 4.79 Å². The third-order valence-corrected chi connectivity index (χ3v) is 4.32. The minimum Gasteiger partial charge on any atom is -0.352 e. The molecule has 1 amide bonds. The van der Waals surface area contributed by atoms with E-state index < -0.39 is 0 Å². The molecule has 0 spiro atoms. The van der Waals surface area contributed by atoms with Crippen LogP contribution in [-0.4, -0.2) is 45.7 Å².